The van der Waals surface area contributed by atoms with Crippen LogP contribution in [0.2, 0.25) is 0 Å². The number of nitrogens with zero attached hydrogens (tertiary/aromatic N) is 3. The van der Waals surface area contributed by atoms with Gasteiger partial charge in [0.05, 0.1) is 25.7 Å². The maximum absolute atomic E-state index is 9.41. The van der Waals surface area contributed by atoms with E-state index in [4.69, 9.17) is 14.5 Å². The third kappa shape index (κ3) is 3.03. The zero-order valence-corrected chi connectivity index (χ0v) is 14.4. The molecule has 0 atom stereocenters. The van der Waals surface area contributed by atoms with Crippen LogP contribution < -0.4 is 4.74 Å². The lowest BCUT2D eigenvalue weighted by atomic mass is 9.78. The van der Waals surface area contributed by atoms with Gasteiger partial charge < -0.3 is 14.6 Å². The molecule has 1 N–H and O–H groups in total. The van der Waals surface area contributed by atoms with Crippen molar-refractivity contribution in [3.8, 4) is 5.75 Å². The van der Waals surface area contributed by atoms with Crippen LogP contribution in [0, 0.1) is 0 Å². The molecule has 1 aromatic heterocycles. The second-order valence-electron chi connectivity index (χ2n) is 6.25. The number of methoxy groups -OCH3 is 2. The molecule has 0 radical (unpaired) electrons. The number of benzene rings is 1. The minimum absolute atomic E-state index is 0.0431. The van der Waals surface area contributed by atoms with Crippen molar-refractivity contribution >= 4 is 0 Å². The highest BCUT2D eigenvalue weighted by Crippen LogP contribution is 2.46. The Kier molecular flexibility index (Phi) is 5.16. The Morgan fingerprint density at radius 1 is 1.17 bits per heavy atom. The predicted octanol–water partition coefficient (Wildman–Crippen LogP) is 2.29. The summed E-state index contributed by atoms with van der Waals surface area (Å²) in [6.07, 6.45) is 4.40. The molecule has 0 bridgehead atoms. The van der Waals surface area contributed by atoms with Gasteiger partial charge in [-0.1, -0.05) is 25.0 Å². The average molecular weight is 331 g/mol. The molecule has 1 saturated carbocycles. The van der Waals surface area contributed by atoms with Crippen LogP contribution >= 0.6 is 0 Å². The highest BCUT2D eigenvalue weighted by atomic mass is 16.5. The molecule has 6 nitrogen and oxygen atoms in total. The average Bonchev–Trinajstić information content (AvgIpc) is 3.24. The van der Waals surface area contributed by atoms with E-state index in [-0.39, 0.29) is 12.0 Å². The first-order chi connectivity index (χ1) is 11.7. The zero-order chi connectivity index (χ0) is 17.0. The van der Waals surface area contributed by atoms with Gasteiger partial charge in [0.25, 0.3) is 0 Å². The van der Waals surface area contributed by atoms with Gasteiger partial charge in [0.2, 0.25) is 0 Å². The summed E-state index contributed by atoms with van der Waals surface area (Å²) in [5, 5.41) is 13.9. The molecule has 0 unspecified atom stereocenters. The third-order valence-electron chi connectivity index (χ3n) is 4.83. The molecule has 24 heavy (non-hydrogen) atoms. The number of aromatic nitrogens is 3. The third-order valence-corrected chi connectivity index (χ3v) is 4.83. The summed E-state index contributed by atoms with van der Waals surface area (Å²) in [6.45, 7) is 0.871. The first kappa shape index (κ1) is 16.9. The molecule has 1 fully saturated rings. The standard InChI is InChI=1S/C18H25N3O3/c1-23-13-16-19-17(21(20-16)11-12-22)18(9-3-4-10-18)14-5-7-15(24-2)8-6-14/h5-8,22H,3-4,9-13H2,1-2H3. The van der Waals surface area contributed by atoms with Crippen molar-refractivity contribution < 1.29 is 14.6 Å². The summed E-state index contributed by atoms with van der Waals surface area (Å²) in [5.41, 5.74) is 1.08. The molecular weight excluding hydrogens is 306 g/mol. The normalized spacial score (nSPS) is 16.5. The van der Waals surface area contributed by atoms with Crippen molar-refractivity contribution in [2.75, 3.05) is 20.8 Å². The Morgan fingerprint density at radius 2 is 1.88 bits per heavy atom. The van der Waals surface area contributed by atoms with Crippen molar-refractivity contribution in [2.45, 2.75) is 44.2 Å². The smallest absolute Gasteiger partial charge is 0.176 e. The minimum Gasteiger partial charge on any atom is -0.497 e. The van der Waals surface area contributed by atoms with E-state index < -0.39 is 0 Å². The molecule has 2 aromatic rings. The number of hydrogen-bond acceptors (Lipinski definition) is 5. The molecule has 0 amide bonds. The van der Waals surface area contributed by atoms with Gasteiger partial charge in [-0.3, -0.25) is 0 Å². The number of aliphatic hydroxyl groups excluding tert-OH is 1. The van der Waals surface area contributed by atoms with Gasteiger partial charge in [-0.25, -0.2) is 9.67 Å². The SMILES string of the molecule is COCc1nc(C2(c3ccc(OC)cc3)CCCC2)n(CCO)n1. The Bertz CT molecular complexity index is 661. The molecule has 0 spiro atoms. The van der Waals surface area contributed by atoms with Gasteiger partial charge in [0.15, 0.2) is 5.82 Å². The van der Waals surface area contributed by atoms with E-state index in [1.54, 1.807) is 14.2 Å². The topological polar surface area (TPSA) is 69.4 Å². The van der Waals surface area contributed by atoms with Crippen LogP contribution in [0.5, 0.6) is 5.75 Å². The molecule has 0 aliphatic heterocycles. The summed E-state index contributed by atoms with van der Waals surface area (Å²) in [4.78, 5) is 4.78. The van der Waals surface area contributed by atoms with Gasteiger partial charge in [-0.15, -0.1) is 0 Å². The van der Waals surface area contributed by atoms with Crippen molar-refractivity contribution in [2.24, 2.45) is 0 Å². The Labute approximate surface area is 142 Å². The van der Waals surface area contributed by atoms with Gasteiger partial charge in [-0.05, 0) is 30.5 Å². The Morgan fingerprint density at radius 3 is 2.46 bits per heavy atom. The molecule has 1 heterocycles. The van der Waals surface area contributed by atoms with Crippen molar-refractivity contribution in [1.29, 1.82) is 0 Å². The van der Waals surface area contributed by atoms with Crippen molar-refractivity contribution in [3.63, 3.8) is 0 Å². The Hall–Kier alpha value is -1.92. The second kappa shape index (κ2) is 7.32. The highest BCUT2D eigenvalue weighted by molar-refractivity contribution is 5.38. The first-order valence-corrected chi connectivity index (χ1v) is 8.42. The van der Waals surface area contributed by atoms with E-state index in [9.17, 15) is 5.11 Å². The number of rotatable bonds is 7. The van der Waals surface area contributed by atoms with E-state index in [1.165, 1.54) is 5.56 Å². The molecule has 1 aliphatic carbocycles. The molecule has 6 heteroatoms. The van der Waals surface area contributed by atoms with E-state index >= 15 is 0 Å². The monoisotopic (exact) mass is 331 g/mol. The lowest BCUT2D eigenvalue weighted by Gasteiger charge is -2.29. The highest BCUT2D eigenvalue weighted by Gasteiger charge is 2.41. The van der Waals surface area contributed by atoms with E-state index in [0.717, 1.165) is 37.3 Å². The number of hydrogen-bond donors (Lipinski definition) is 1. The summed E-state index contributed by atoms with van der Waals surface area (Å²) in [7, 11) is 3.32. The van der Waals surface area contributed by atoms with Crippen LogP contribution in [-0.2, 0) is 23.3 Å². The van der Waals surface area contributed by atoms with Gasteiger partial charge in [0, 0.05) is 7.11 Å². The van der Waals surface area contributed by atoms with Crippen LogP contribution in [0.4, 0.5) is 0 Å². The molecule has 1 aromatic carbocycles. The van der Waals surface area contributed by atoms with Gasteiger partial charge in [-0.2, -0.15) is 5.10 Å². The molecular formula is C18H25N3O3. The zero-order valence-electron chi connectivity index (χ0n) is 14.4. The van der Waals surface area contributed by atoms with E-state index in [0.29, 0.717) is 19.0 Å². The summed E-state index contributed by atoms with van der Waals surface area (Å²) in [5.74, 6) is 2.45. The first-order valence-electron chi connectivity index (χ1n) is 8.42. The van der Waals surface area contributed by atoms with Crippen LogP contribution in [0.25, 0.3) is 0 Å². The molecule has 3 rings (SSSR count). The predicted molar refractivity (Wildman–Crippen MR) is 90.1 cm³/mol. The molecule has 0 saturated heterocycles. The summed E-state index contributed by atoms with van der Waals surface area (Å²) >= 11 is 0. The lowest BCUT2D eigenvalue weighted by Crippen LogP contribution is -2.29. The fraction of sp³-hybridized carbons (Fsp3) is 0.556. The number of aliphatic hydroxyl groups is 1. The largest absolute Gasteiger partial charge is 0.497 e. The maximum atomic E-state index is 9.41. The van der Waals surface area contributed by atoms with Crippen LogP contribution in [0.3, 0.4) is 0 Å². The van der Waals surface area contributed by atoms with Crippen LogP contribution in [-0.4, -0.2) is 40.7 Å². The second-order valence-corrected chi connectivity index (χ2v) is 6.25. The number of ether oxygens (including phenoxy) is 2. The Balaban J connectivity index is 2.06. The summed E-state index contributed by atoms with van der Waals surface area (Å²) in [6, 6.07) is 8.24. The van der Waals surface area contributed by atoms with Crippen LogP contribution in [0.1, 0.15) is 42.9 Å². The van der Waals surface area contributed by atoms with Crippen LogP contribution in [0.15, 0.2) is 24.3 Å². The van der Waals surface area contributed by atoms with Crippen molar-refractivity contribution in [3.05, 3.63) is 41.5 Å². The van der Waals surface area contributed by atoms with Gasteiger partial charge >= 0.3 is 0 Å². The summed E-state index contributed by atoms with van der Waals surface area (Å²) < 4.78 is 12.3. The minimum atomic E-state index is -0.152. The quantitative estimate of drug-likeness (QED) is 0.843. The maximum Gasteiger partial charge on any atom is 0.176 e. The van der Waals surface area contributed by atoms with Crippen molar-refractivity contribution in [1.82, 2.24) is 14.8 Å². The molecule has 1 aliphatic rings. The van der Waals surface area contributed by atoms with Gasteiger partial charge in [0.1, 0.15) is 18.2 Å². The molecule has 130 valence electrons. The van der Waals surface area contributed by atoms with E-state index in [2.05, 4.69) is 17.2 Å². The fourth-order valence-electron chi connectivity index (χ4n) is 3.71. The van der Waals surface area contributed by atoms with E-state index in [1.807, 2.05) is 16.8 Å². The fourth-order valence-corrected chi connectivity index (χ4v) is 3.71. The lowest BCUT2D eigenvalue weighted by molar-refractivity contribution is 0.177.